The van der Waals surface area contributed by atoms with Crippen LogP contribution in [0.4, 0.5) is 0 Å². The fourth-order valence-corrected chi connectivity index (χ4v) is 6.61. The molecule has 1 N–H and O–H groups in total. The molecular formula is C25H35NO3. The first kappa shape index (κ1) is 20.4. The van der Waals surface area contributed by atoms with Gasteiger partial charge in [-0.2, -0.15) is 0 Å². The molecule has 4 atom stereocenters. The van der Waals surface area contributed by atoms with E-state index in [0.29, 0.717) is 24.7 Å². The Morgan fingerprint density at radius 2 is 1.90 bits per heavy atom. The maximum absolute atomic E-state index is 12.9. The number of hydrogen-bond donors (Lipinski definition) is 1. The van der Waals surface area contributed by atoms with Crippen molar-refractivity contribution in [2.75, 3.05) is 0 Å². The van der Waals surface area contributed by atoms with E-state index in [1.807, 2.05) is 13.0 Å². The number of aryl methyl sites for hydroxylation is 1. The number of nitrogens with one attached hydrogen (secondary N) is 1. The lowest BCUT2D eigenvalue weighted by molar-refractivity contribution is -0.202. The van der Waals surface area contributed by atoms with Gasteiger partial charge in [0.05, 0.1) is 0 Å². The third-order valence-corrected chi connectivity index (χ3v) is 8.87. The van der Waals surface area contributed by atoms with E-state index in [1.54, 1.807) is 0 Å². The number of hydrogen-bond acceptors (Lipinski definition) is 3. The average molecular weight is 398 g/mol. The zero-order valence-corrected chi connectivity index (χ0v) is 18.8. The van der Waals surface area contributed by atoms with Gasteiger partial charge in [0.25, 0.3) is 5.91 Å². The summed E-state index contributed by atoms with van der Waals surface area (Å²) in [5.41, 5.74) is 1.93. The van der Waals surface area contributed by atoms with Gasteiger partial charge in [-0.1, -0.05) is 34.6 Å². The van der Waals surface area contributed by atoms with Crippen LogP contribution in [0, 0.1) is 29.6 Å². The molecule has 0 aromatic heterocycles. The third kappa shape index (κ3) is 2.70. The van der Waals surface area contributed by atoms with Gasteiger partial charge in [0.15, 0.2) is 0 Å². The van der Waals surface area contributed by atoms with E-state index in [4.69, 9.17) is 4.74 Å². The van der Waals surface area contributed by atoms with Crippen LogP contribution < -0.4 is 10.1 Å². The van der Waals surface area contributed by atoms with Crippen molar-refractivity contribution in [2.24, 2.45) is 22.7 Å². The zero-order valence-electron chi connectivity index (χ0n) is 18.8. The molecule has 0 radical (unpaired) electrons. The van der Waals surface area contributed by atoms with Crippen LogP contribution in [-0.4, -0.2) is 17.3 Å². The molecule has 29 heavy (non-hydrogen) atoms. The fraction of sp³-hybridized carbons (Fsp3) is 0.680. The summed E-state index contributed by atoms with van der Waals surface area (Å²) in [5, 5.41) is 2.95. The molecule has 4 rings (SSSR count). The highest BCUT2D eigenvalue weighted by Gasteiger charge is 2.65. The van der Waals surface area contributed by atoms with Gasteiger partial charge in [0.1, 0.15) is 17.1 Å². The van der Waals surface area contributed by atoms with Crippen molar-refractivity contribution >= 4 is 11.7 Å². The first-order chi connectivity index (χ1) is 13.6. The second-order valence-corrected chi connectivity index (χ2v) is 10.4. The van der Waals surface area contributed by atoms with Crippen LogP contribution in [0.1, 0.15) is 88.2 Å². The van der Waals surface area contributed by atoms with E-state index in [-0.39, 0.29) is 17.2 Å². The Kier molecular flexibility index (Phi) is 4.64. The molecule has 1 heterocycles. The Hall–Kier alpha value is -1.84. The molecule has 4 nitrogen and oxygen atoms in total. The Bertz CT molecular complexity index is 873. The van der Waals surface area contributed by atoms with E-state index in [0.717, 1.165) is 48.1 Å². The van der Waals surface area contributed by atoms with Gasteiger partial charge in [0, 0.05) is 40.8 Å². The summed E-state index contributed by atoms with van der Waals surface area (Å²) in [5.74, 6) is 1.88. The molecule has 158 valence electrons. The van der Waals surface area contributed by atoms with Crippen LogP contribution in [0.3, 0.4) is 0 Å². The van der Waals surface area contributed by atoms with Gasteiger partial charge >= 0.3 is 0 Å². The maximum atomic E-state index is 12.9. The van der Waals surface area contributed by atoms with E-state index >= 15 is 0 Å². The SMILES string of the molecule is CCC1(C)C(C)CCC2C(C)(C)C(=O)CCC21Oc1cc(C)cc2c1CNC2=O. The highest BCUT2D eigenvalue weighted by Crippen LogP contribution is 2.63. The molecule has 1 aliphatic heterocycles. The van der Waals surface area contributed by atoms with Gasteiger partial charge in [-0.3, -0.25) is 9.59 Å². The number of rotatable bonds is 3. The van der Waals surface area contributed by atoms with Gasteiger partial charge in [0.2, 0.25) is 0 Å². The lowest BCUT2D eigenvalue weighted by atomic mass is 9.45. The predicted octanol–water partition coefficient (Wildman–Crippen LogP) is 5.21. The lowest BCUT2D eigenvalue weighted by Gasteiger charge is -2.63. The minimum Gasteiger partial charge on any atom is -0.486 e. The molecular weight excluding hydrogens is 362 g/mol. The molecule has 2 aliphatic carbocycles. The van der Waals surface area contributed by atoms with Crippen molar-refractivity contribution in [1.82, 2.24) is 5.32 Å². The smallest absolute Gasteiger partial charge is 0.252 e. The number of ether oxygens (including phenoxy) is 1. The Morgan fingerprint density at radius 3 is 2.59 bits per heavy atom. The van der Waals surface area contributed by atoms with Crippen LogP contribution in [-0.2, 0) is 11.3 Å². The predicted molar refractivity (Wildman–Crippen MR) is 114 cm³/mol. The molecule has 4 unspecified atom stereocenters. The van der Waals surface area contributed by atoms with Crippen molar-refractivity contribution < 1.29 is 14.3 Å². The molecule has 0 saturated heterocycles. The standard InChI is InChI=1S/C25H35NO3/c1-7-24(6)16(3)8-9-20-23(4,5)21(27)10-11-25(20,24)29-19-13-15(2)12-17-18(19)14-26-22(17)28/h12-13,16,20H,7-11,14H2,1-6H3,(H,26,28). The van der Waals surface area contributed by atoms with Crippen molar-refractivity contribution in [1.29, 1.82) is 0 Å². The Morgan fingerprint density at radius 1 is 1.17 bits per heavy atom. The van der Waals surface area contributed by atoms with Gasteiger partial charge in [-0.25, -0.2) is 0 Å². The topological polar surface area (TPSA) is 55.4 Å². The van der Waals surface area contributed by atoms with E-state index in [1.165, 1.54) is 0 Å². The highest BCUT2D eigenvalue weighted by atomic mass is 16.5. The maximum Gasteiger partial charge on any atom is 0.252 e. The number of ketones is 1. The summed E-state index contributed by atoms with van der Waals surface area (Å²) in [4.78, 5) is 25.2. The summed E-state index contributed by atoms with van der Waals surface area (Å²) in [6.45, 7) is 13.8. The van der Waals surface area contributed by atoms with E-state index in [9.17, 15) is 9.59 Å². The highest BCUT2D eigenvalue weighted by molar-refractivity contribution is 5.99. The molecule has 1 aromatic carbocycles. The summed E-state index contributed by atoms with van der Waals surface area (Å²) in [6.07, 6.45) is 4.49. The Labute approximate surface area is 174 Å². The summed E-state index contributed by atoms with van der Waals surface area (Å²) >= 11 is 0. The summed E-state index contributed by atoms with van der Waals surface area (Å²) < 4.78 is 7.14. The first-order valence-electron chi connectivity index (χ1n) is 11.2. The minimum absolute atomic E-state index is 0.0167. The molecule has 4 heteroatoms. The van der Waals surface area contributed by atoms with Crippen molar-refractivity contribution in [3.8, 4) is 5.75 Å². The molecule has 3 aliphatic rings. The lowest BCUT2D eigenvalue weighted by Crippen LogP contribution is -2.67. The molecule has 0 spiro atoms. The van der Waals surface area contributed by atoms with Crippen LogP contribution >= 0.6 is 0 Å². The zero-order chi connectivity index (χ0) is 21.2. The number of benzene rings is 1. The molecule has 2 saturated carbocycles. The van der Waals surface area contributed by atoms with E-state index in [2.05, 4.69) is 46.0 Å². The first-order valence-corrected chi connectivity index (χ1v) is 11.2. The molecule has 0 bridgehead atoms. The molecule has 1 amide bonds. The number of carbonyl (C=O) groups is 2. The van der Waals surface area contributed by atoms with Crippen LogP contribution in [0.25, 0.3) is 0 Å². The van der Waals surface area contributed by atoms with Crippen LogP contribution in [0.2, 0.25) is 0 Å². The second kappa shape index (κ2) is 6.58. The Balaban J connectivity index is 1.89. The summed E-state index contributed by atoms with van der Waals surface area (Å²) in [7, 11) is 0. The molecule has 2 fully saturated rings. The monoisotopic (exact) mass is 397 g/mol. The quantitative estimate of drug-likeness (QED) is 0.762. The van der Waals surface area contributed by atoms with Crippen molar-refractivity contribution in [2.45, 2.75) is 85.8 Å². The second-order valence-electron chi connectivity index (χ2n) is 10.4. The molecule has 1 aromatic rings. The summed E-state index contributed by atoms with van der Waals surface area (Å²) in [6, 6.07) is 4.04. The van der Waals surface area contributed by atoms with Crippen molar-refractivity contribution in [3.05, 3.63) is 28.8 Å². The van der Waals surface area contributed by atoms with Gasteiger partial charge in [-0.05, 0) is 56.2 Å². The van der Waals surface area contributed by atoms with Gasteiger partial charge in [-0.15, -0.1) is 0 Å². The third-order valence-electron chi connectivity index (χ3n) is 8.87. The number of carbonyl (C=O) groups excluding carboxylic acids is 2. The number of Topliss-reactive ketones (excluding diaryl/α,β-unsaturated/α-hetero) is 1. The average Bonchev–Trinajstić information content (AvgIpc) is 3.03. The van der Waals surface area contributed by atoms with Crippen molar-refractivity contribution in [3.63, 3.8) is 0 Å². The largest absolute Gasteiger partial charge is 0.486 e. The normalized spacial score (nSPS) is 35.7. The van der Waals surface area contributed by atoms with Crippen LogP contribution in [0.15, 0.2) is 12.1 Å². The van der Waals surface area contributed by atoms with E-state index < -0.39 is 11.0 Å². The van der Waals surface area contributed by atoms with Crippen LogP contribution in [0.5, 0.6) is 5.75 Å². The number of amides is 1. The number of fused-ring (bicyclic) bond motifs is 2. The minimum atomic E-state index is -0.399. The van der Waals surface area contributed by atoms with Gasteiger partial charge < -0.3 is 10.1 Å². The fourth-order valence-electron chi connectivity index (χ4n) is 6.61.